The van der Waals surface area contributed by atoms with Gasteiger partial charge < -0.3 is 14.8 Å². The van der Waals surface area contributed by atoms with Crippen molar-refractivity contribution in [2.75, 3.05) is 25.8 Å². The number of aryl methyl sites for hydroxylation is 1. The van der Waals surface area contributed by atoms with E-state index in [1.807, 2.05) is 0 Å². The Morgan fingerprint density at radius 3 is 2.37 bits per heavy atom. The van der Waals surface area contributed by atoms with Gasteiger partial charge in [0.1, 0.15) is 17.1 Å². The standard InChI is InChI=1S/C24H21F4N7O5S/c1-12-5-19(24(26,27)28)33-35(12)20-18(11-30-23(32-20)31-15-7-14(25)8-16(9-15)39-2)13-6-17(22(40-3)29-10-13)21(36)34-41(4,37)38/h5-11H,1-4H3,(H,34,36)(H,30,31,32). The summed E-state index contributed by atoms with van der Waals surface area (Å²) in [7, 11) is -1.41. The summed E-state index contributed by atoms with van der Waals surface area (Å²) in [6.45, 7) is 1.37. The van der Waals surface area contributed by atoms with Crippen LogP contribution < -0.4 is 19.5 Å². The summed E-state index contributed by atoms with van der Waals surface area (Å²) < 4.78 is 90.5. The third kappa shape index (κ3) is 6.68. The maximum atomic E-state index is 14.0. The summed E-state index contributed by atoms with van der Waals surface area (Å²) in [6, 6.07) is 5.73. The van der Waals surface area contributed by atoms with Gasteiger partial charge in [-0.2, -0.15) is 23.3 Å². The number of hydrogen-bond acceptors (Lipinski definition) is 10. The van der Waals surface area contributed by atoms with Crippen molar-refractivity contribution in [3.8, 4) is 28.6 Å². The summed E-state index contributed by atoms with van der Waals surface area (Å²) in [6.07, 6.45) is -1.54. The minimum Gasteiger partial charge on any atom is -0.497 e. The molecule has 0 spiro atoms. The van der Waals surface area contributed by atoms with Gasteiger partial charge in [0.25, 0.3) is 5.91 Å². The van der Waals surface area contributed by atoms with Crippen molar-refractivity contribution < 1.29 is 40.2 Å². The SMILES string of the molecule is COc1cc(F)cc(Nc2ncc(-c3cnc(OC)c(C(=O)NS(C)(=O)=O)c3)c(-n3nc(C(F)(F)F)cc3C)n2)c1. The van der Waals surface area contributed by atoms with Crippen molar-refractivity contribution in [1.82, 2.24) is 29.5 Å². The topological polar surface area (TPSA) is 150 Å². The molecule has 0 fully saturated rings. The van der Waals surface area contributed by atoms with Crippen molar-refractivity contribution in [2.45, 2.75) is 13.1 Å². The smallest absolute Gasteiger partial charge is 0.435 e. The zero-order valence-electron chi connectivity index (χ0n) is 21.7. The van der Waals surface area contributed by atoms with Gasteiger partial charge in [0.2, 0.25) is 21.9 Å². The molecule has 41 heavy (non-hydrogen) atoms. The minimum absolute atomic E-state index is 0.0483. The zero-order chi connectivity index (χ0) is 30.1. The van der Waals surface area contributed by atoms with Crippen LogP contribution in [0.25, 0.3) is 16.9 Å². The molecule has 0 saturated carbocycles. The summed E-state index contributed by atoms with van der Waals surface area (Å²) in [5, 5.41) is 6.42. The number of carbonyl (C=O) groups excluding carboxylic acids is 1. The van der Waals surface area contributed by atoms with E-state index in [1.54, 1.807) is 4.72 Å². The van der Waals surface area contributed by atoms with Crippen molar-refractivity contribution in [3.63, 3.8) is 0 Å². The van der Waals surface area contributed by atoms with Crippen LogP contribution >= 0.6 is 0 Å². The van der Waals surface area contributed by atoms with Gasteiger partial charge in [-0.15, -0.1) is 0 Å². The highest BCUT2D eigenvalue weighted by atomic mass is 32.2. The number of benzene rings is 1. The van der Waals surface area contributed by atoms with Gasteiger partial charge in [0, 0.05) is 47.0 Å². The quantitative estimate of drug-likeness (QED) is 0.289. The van der Waals surface area contributed by atoms with E-state index in [-0.39, 0.29) is 51.5 Å². The number of hydrogen-bond donors (Lipinski definition) is 2. The molecule has 0 radical (unpaired) electrons. The van der Waals surface area contributed by atoms with E-state index in [9.17, 15) is 30.8 Å². The maximum Gasteiger partial charge on any atom is 0.435 e. The molecule has 2 N–H and O–H groups in total. The lowest BCUT2D eigenvalue weighted by Crippen LogP contribution is -2.29. The molecule has 0 aliphatic carbocycles. The molecule has 0 bridgehead atoms. The van der Waals surface area contributed by atoms with Gasteiger partial charge >= 0.3 is 6.18 Å². The fraction of sp³-hybridized carbons (Fsp3) is 0.208. The second-order valence-electron chi connectivity index (χ2n) is 8.50. The first kappa shape index (κ1) is 29.2. The number of halogens is 4. The first-order valence-electron chi connectivity index (χ1n) is 11.4. The van der Waals surface area contributed by atoms with Crippen LogP contribution in [-0.2, 0) is 16.2 Å². The Hall–Kier alpha value is -4.80. The molecular formula is C24H21F4N7O5S. The third-order valence-corrected chi connectivity index (χ3v) is 5.94. The number of aromatic nitrogens is 5. The Kier molecular flexibility index (Phi) is 7.83. The predicted molar refractivity (Wildman–Crippen MR) is 137 cm³/mol. The van der Waals surface area contributed by atoms with Crippen molar-refractivity contribution >= 4 is 27.6 Å². The van der Waals surface area contributed by atoms with Crippen LogP contribution in [0.15, 0.2) is 42.7 Å². The first-order chi connectivity index (χ1) is 19.2. The van der Waals surface area contributed by atoms with Gasteiger partial charge in [-0.05, 0) is 25.1 Å². The fourth-order valence-electron chi connectivity index (χ4n) is 3.66. The molecule has 0 atom stereocenters. The molecule has 0 aliphatic heterocycles. The van der Waals surface area contributed by atoms with Gasteiger partial charge in [0.15, 0.2) is 11.5 Å². The average molecular weight is 596 g/mol. The largest absolute Gasteiger partial charge is 0.497 e. The Morgan fingerprint density at radius 1 is 1.02 bits per heavy atom. The molecule has 0 aliphatic rings. The van der Waals surface area contributed by atoms with Crippen LogP contribution in [0.4, 0.5) is 29.2 Å². The van der Waals surface area contributed by atoms with Crippen LogP contribution in [0.1, 0.15) is 21.7 Å². The number of rotatable bonds is 8. The van der Waals surface area contributed by atoms with Gasteiger partial charge in [-0.3, -0.25) is 4.79 Å². The van der Waals surface area contributed by atoms with Gasteiger partial charge in [-0.25, -0.2) is 32.2 Å². The number of alkyl halides is 3. The van der Waals surface area contributed by atoms with E-state index in [1.165, 1.54) is 45.7 Å². The minimum atomic E-state index is -4.76. The first-order valence-corrected chi connectivity index (χ1v) is 13.3. The summed E-state index contributed by atoms with van der Waals surface area (Å²) >= 11 is 0. The van der Waals surface area contributed by atoms with Crippen LogP contribution in [0.3, 0.4) is 0 Å². The predicted octanol–water partition coefficient (Wildman–Crippen LogP) is 3.64. The number of nitrogens with zero attached hydrogens (tertiary/aromatic N) is 5. The zero-order valence-corrected chi connectivity index (χ0v) is 22.6. The maximum absolute atomic E-state index is 14.0. The van der Waals surface area contributed by atoms with E-state index >= 15 is 0 Å². The summed E-state index contributed by atoms with van der Waals surface area (Å²) in [5.74, 6) is -2.03. The van der Waals surface area contributed by atoms with E-state index in [2.05, 4.69) is 25.4 Å². The molecular weight excluding hydrogens is 574 g/mol. The highest BCUT2D eigenvalue weighted by Crippen LogP contribution is 2.33. The van der Waals surface area contributed by atoms with Crippen molar-refractivity contribution in [3.05, 3.63) is 65.5 Å². The lowest BCUT2D eigenvalue weighted by atomic mass is 10.1. The number of carbonyl (C=O) groups is 1. The van der Waals surface area contributed by atoms with Crippen molar-refractivity contribution in [1.29, 1.82) is 0 Å². The van der Waals surface area contributed by atoms with Gasteiger partial charge in [-0.1, -0.05) is 0 Å². The molecule has 17 heteroatoms. The third-order valence-electron chi connectivity index (χ3n) is 5.39. The number of ether oxygens (including phenoxy) is 2. The molecule has 0 unspecified atom stereocenters. The highest BCUT2D eigenvalue weighted by molar-refractivity contribution is 7.89. The van der Waals surface area contributed by atoms with Crippen molar-refractivity contribution in [2.24, 2.45) is 0 Å². The van der Waals surface area contributed by atoms with Crippen LogP contribution in [0.2, 0.25) is 0 Å². The number of nitrogens with one attached hydrogen (secondary N) is 2. The Bertz CT molecular complexity index is 1740. The Morgan fingerprint density at radius 2 is 1.76 bits per heavy atom. The number of methoxy groups -OCH3 is 2. The second kappa shape index (κ2) is 11.0. The Balaban J connectivity index is 1.89. The number of pyridine rings is 1. The normalized spacial score (nSPS) is 11.7. The second-order valence-corrected chi connectivity index (χ2v) is 10.2. The Labute approximate surface area is 230 Å². The molecule has 4 rings (SSSR count). The van der Waals surface area contributed by atoms with Crippen LogP contribution in [0.5, 0.6) is 11.6 Å². The molecule has 3 aromatic heterocycles. The fourth-order valence-corrected chi connectivity index (χ4v) is 4.10. The lowest BCUT2D eigenvalue weighted by Gasteiger charge is -2.14. The monoisotopic (exact) mass is 595 g/mol. The van der Waals surface area contributed by atoms with Gasteiger partial charge in [0.05, 0.1) is 20.5 Å². The number of anilines is 2. The number of amides is 1. The van der Waals surface area contributed by atoms with E-state index in [0.717, 1.165) is 29.1 Å². The summed E-state index contributed by atoms with van der Waals surface area (Å²) in [5.41, 5.74) is -1.07. The molecule has 3 heterocycles. The lowest BCUT2D eigenvalue weighted by molar-refractivity contribution is -0.141. The molecule has 1 amide bonds. The molecule has 216 valence electrons. The highest BCUT2D eigenvalue weighted by Gasteiger charge is 2.35. The molecule has 1 aromatic carbocycles. The van der Waals surface area contributed by atoms with E-state index in [0.29, 0.717) is 0 Å². The van der Waals surface area contributed by atoms with E-state index < -0.39 is 33.6 Å². The number of sulfonamides is 1. The molecule has 4 aromatic rings. The van der Waals surface area contributed by atoms with Crippen LogP contribution in [0, 0.1) is 12.7 Å². The average Bonchev–Trinajstić information content (AvgIpc) is 3.29. The van der Waals surface area contributed by atoms with E-state index in [4.69, 9.17) is 9.47 Å². The molecule has 12 nitrogen and oxygen atoms in total. The molecule has 0 saturated heterocycles. The summed E-state index contributed by atoms with van der Waals surface area (Å²) in [4.78, 5) is 25.2. The van der Waals surface area contributed by atoms with Crippen LogP contribution in [-0.4, -0.2) is 59.5 Å².